The highest BCUT2D eigenvalue weighted by molar-refractivity contribution is 5.95. The van der Waals surface area contributed by atoms with Gasteiger partial charge in [0.15, 0.2) is 0 Å². The van der Waals surface area contributed by atoms with Crippen molar-refractivity contribution in [3.63, 3.8) is 0 Å². The van der Waals surface area contributed by atoms with Gasteiger partial charge in [-0.05, 0) is 37.0 Å². The van der Waals surface area contributed by atoms with Crippen LogP contribution in [0.15, 0.2) is 54.7 Å². The lowest BCUT2D eigenvalue weighted by Crippen LogP contribution is -2.41. The molecule has 5 heteroatoms. The van der Waals surface area contributed by atoms with E-state index in [1.807, 2.05) is 30.3 Å². The Balaban J connectivity index is 1.92. The van der Waals surface area contributed by atoms with Gasteiger partial charge in [-0.3, -0.25) is 9.78 Å². The quantitative estimate of drug-likeness (QED) is 0.797. The Morgan fingerprint density at radius 1 is 1.13 bits per heavy atom. The lowest BCUT2D eigenvalue weighted by atomic mass is 10.0. The van der Waals surface area contributed by atoms with Crippen LogP contribution in [0.25, 0.3) is 0 Å². The predicted octanol–water partition coefficient (Wildman–Crippen LogP) is 2.38. The van der Waals surface area contributed by atoms with Gasteiger partial charge in [0.25, 0.3) is 5.91 Å². The van der Waals surface area contributed by atoms with Crippen molar-refractivity contribution in [2.75, 3.05) is 7.11 Å². The Bertz CT molecular complexity index is 629. The van der Waals surface area contributed by atoms with Crippen LogP contribution in [0.3, 0.4) is 0 Å². The fourth-order valence-corrected chi connectivity index (χ4v) is 2.28. The van der Waals surface area contributed by atoms with Crippen molar-refractivity contribution < 1.29 is 14.3 Å². The highest BCUT2D eigenvalue weighted by Gasteiger charge is 2.22. The molecule has 2 rings (SSSR count). The fraction of sp³-hybridized carbons (Fsp3) is 0.278. The summed E-state index contributed by atoms with van der Waals surface area (Å²) in [6.45, 7) is 0. The molecule has 0 aliphatic carbocycles. The van der Waals surface area contributed by atoms with Crippen LogP contribution in [0.2, 0.25) is 0 Å². The molecular formula is C18H20N2O3. The van der Waals surface area contributed by atoms with E-state index in [0.29, 0.717) is 6.42 Å². The molecule has 1 heterocycles. The van der Waals surface area contributed by atoms with Crippen molar-refractivity contribution in [2.45, 2.75) is 25.3 Å². The minimum absolute atomic E-state index is 0.282. The molecule has 0 aliphatic rings. The number of hydrogen-bond acceptors (Lipinski definition) is 4. The number of aryl methyl sites for hydroxylation is 1. The second-order valence-corrected chi connectivity index (χ2v) is 5.14. The van der Waals surface area contributed by atoms with E-state index in [1.165, 1.54) is 18.9 Å². The van der Waals surface area contributed by atoms with Gasteiger partial charge in [0, 0.05) is 6.20 Å². The van der Waals surface area contributed by atoms with Gasteiger partial charge in [-0.1, -0.05) is 36.4 Å². The second kappa shape index (κ2) is 8.68. The Morgan fingerprint density at radius 2 is 1.87 bits per heavy atom. The van der Waals surface area contributed by atoms with E-state index >= 15 is 0 Å². The van der Waals surface area contributed by atoms with E-state index in [1.54, 1.807) is 18.2 Å². The molecule has 2 aromatic rings. The minimum atomic E-state index is -0.668. The minimum Gasteiger partial charge on any atom is -0.467 e. The summed E-state index contributed by atoms with van der Waals surface area (Å²) < 4.78 is 4.78. The van der Waals surface area contributed by atoms with Crippen molar-refractivity contribution in [3.8, 4) is 0 Å². The van der Waals surface area contributed by atoms with Gasteiger partial charge in [-0.15, -0.1) is 0 Å². The summed E-state index contributed by atoms with van der Waals surface area (Å²) in [6, 6.07) is 14.4. The number of rotatable bonds is 7. The number of ether oxygens (including phenoxy) is 1. The van der Waals surface area contributed by atoms with Gasteiger partial charge in [0.2, 0.25) is 0 Å². The predicted molar refractivity (Wildman–Crippen MR) is 86.9 cm³/mol. The van der Waals surface area contributed by atoms with Gasteiger partial charge >= 0.3 is 5.97 Å². The summed E-state index contributed by atoms with van der Waals surface area (Å²) in [7, 11) is 1.32. The van der Waals surface area contributed by atoms with Crippen LogP contribution in [-0.2, 0) is 16.0 Å². The van der Waals surface area contributed by atoms with E-state index < -0.39 is 12.0 Å². The lowest BCUT2D eigenvalue weighted by Gasteiger charge is -2.16. The number of esters is 1. The summed E-state index contributed by atoms with van der Waals surface area (Å²) in [6.07, 6.45) is 3.66. The first-order chi connectivity index (χ1) is 11.2. The third-order valence-electron chi connectivity index (χ3n) is 3.49. The van der Waals surface area contributed by atoms with E-state index in [9.17, 15) is 9.59 Å². The van der Waals surface area contributed by atoms with Crippen molar-refractivity contribution in [1.29, 1.82) is 0 Å². The average Bonchev–Trinajstić information content (AvgIpc) is 2.61. The maximum Gasteiger partial charge on any atom is 0.328 e. The van der Waals surface area contributed by atoms with Gasteiger partial charge in [0.05, 0.1) is 7.11 Å². The smallest absolute Gasteiger partial charge is 0.328 e. The molecule has 1 aromatic carbocycles. The number of nitrogens with one attached hydrogen (secondary N) is 1. The molecule has 23 heavy (non-hydrogen) atoms. The van der Waals surface area contributed by atoms with E-state index in [4.69, 9.17) is 4.74 Å². The molecule has 0 fully saturated rings. The number of benzene rings is 1. The van der Waals surface area contributed by atoms with Crippen LogP contribution >= 0.6 is 0 Å². The fourth-order valence-electron chi connectivity index (χ4n) is 2.28. The first kappa shape index (κ1) is 16.7. The number of nitrogens with zero attached hydrogens (tertiary/aromatic N) is 1. The largest absolute Gasteiger partial charge is 0.467 e. The molecule has 0 bridgehead atoms. The zero-order valence-corrected chi connectivity index (χ0v) is 13.1. The summed E-state index contributed by atoms with van der Waals surface area (Å²) in [5.41, 5.74) is 1.48. The third-order valence-corrected chi connectivity index (χ3v) is 3.49. The van der Waals surface area contributed by atoms with Crippen molar-refractivity contribution >= 4 is 11.9 Å². The van der Waals surface area contributed by atoms with Crippen molar-refractivity contribution in [2.24, 2.45) is 0 Å². The molecule has 0 aliphatic heterocycles. The van der Waals surface area contributed by atoms with Crippen LogP contribution < -0.4 is 5.32 Å². The standard InChI is InChI=1S/C18H20N2O3/c1-23-18(22)16(12-7-10-14-8-3-2-4-9-14)20-17(21)15-11-5-6-13-19-15/h2-6,8-9,11,13,16H,7,10,12H2,1H3,(H,20,21)/t16-/m0/s1. The maximum atomic E-state index is 12.1. The average molecular weight is 312 g/mol. The van der Waals surface area contributed by atoms with Gasteiger partial charge in [0.1, 0.15) is 11.7 Å². The normalized spacial score (nSPS) is 11.5. The maximum absolute atomic E-state index is 12.1. The van der Waals surface area contributed by atoms with E-state index in [2.05, 4.69) is 10.3 Å². The molecule has 5 nitrogen and oxygen atoms in total. The summed E-state index contributed by atoms with van der Waals surface area (Å²) in [5.74, 6) is -0.817. The SMILES string of the molecule is COC(=O)[C@H](CCCc1ccccc1)NC(=O)c1ccccn1. The molecule has 0 saturated heterocycles. The highest BCUT2D eigenvalue weighted by Crippen LogP contribution is 2.08. The number of amides is 1. The molecule has 0 unspecified atom stereocenters. The third kappa shape index (κ3) is 5.21. The molecule has 0 radical (unpaired) electrons. The van der Waals surface area contributed by atoms with Gasteiger partial charge < -0.3 is 10.1 Å². The van der Waals surface area contributed by atoms with Crippen molar-refractivity contribution in [1.82, 2.24) is 10.3 Å². The number of carbonyl (C=O) groups is 2. The van der Waals surface area contributed by atoms with Crippen LogP contribution in [-0.4, -0.2) is 30.0 Å². The Morgan fingerprint density at radius 3 is 2.52 bits per heavy atom. The molecule has 1 aromatic heterocycles. The van der Waals surface area contributed by atoms with Gasteiger partial charge in [-0.25, -0.2) is 4.79 Å². The number of methoxy groups -OCH3 is 1. The number of hydrogen-bond donors (Lipinski definition) is 1. The molecule has 0 spiro atoms. The summed E-state index contributed by atoms with van der Waals surface area (Å²) in [4.78, 5) is 28.0. The lowest BCUT2D eigenvalue weighted by molar-refractivity contribution is -0.143. The molecule has 1 amide bonds. The summed E-state index contributed by atoms with van der Waals surface area (Å²) >= 11 is 0. The zero-order chi connectivity index (χ0) is 16.5. The van der Waals surface area contributed by atoms with Crippen molar-refractivity contribution in [3.05, 3.63) is 66.0 Å². The Labute approximate surface area is 135 Å². The zero-order valence-electron chi connectivity index (χ0n) is 13.1. The molecule has 1 N–H and O–H groups in total. The molecule has 1 atom stereocenters. The van der Waals surface area contributed by atoms with Crippen LogP contribution in [0.1, 0.15) is 28.9 Å². The second-order valence-electron chi connectivity index (χ2n) is 5.14. The van der Waals surface area contributed by atoms with Crippen LogP contribution in [0, 0.1) is 0 Å². The topological polar surface area (TPSA) is 68.3 Å². The molecule has 120 valence electrons. The van der Waals surface area contributed by atoms with Crippen LogP contribution in [0.4, 0.5) is 0 Å². The number of carbonyl (C=O) groups excluding carboxylic acids is 2. The van der Waals surface area contributed by atoms with Gasteiger partial charge in [-0.2, -0.15) is 0 Å². The monoisotopic (exact) mass is 312 g/mol. The first-order valence-electron chi connectivity index (χ1n) is 7.54. The van der Waals surface area contributed by atoms with E-state index in [-0.39, 0.29) is 11.6 Å². The number of aromatic nitrogens is 1. The molecular weight excluding hydrogens is 292 g/mol. The van der Waals surface area contributed by atoms with E-state index in [0.717, 1.165) is 12.8 Å². The first-order valence-corrected chi connectivity index (χ1v) is 7.54. The summed E-state index contributed by atoms with van der Waals surface area (Å²) in [5, 5.41) is 2.69. The Kier molecular flexibility index (Phi) is 6.29. The molecule has 0 saturated carbocycles. The highest BCUT2D eigenvalue weighted by atomic mass is 16.5. The van der Waals surface area contributed by atoms with Crippen LogP contribution in [0.5, 0.6) is 0 Å². The number of pyridine rings is 1. The Hall–Kier alpha value is -2.69.